The summed E-state index contributed by atoms with van der Waals surface area (Å²) in [5, 5.41) is 0. The first-order valence-corrected chi connectivity index (χ1v) is 7.26. The van der Waals surface area contributed by atoms with Gasteiger partial charge in [-0.2, -0.15) is 0 Å². The molecule has 5 heteroatoms. The van der Waals surface area contributed by atoms with Gasteiger partial charge >= 0.3 is 0 Å². The molecule has 2 aliphatic rings. The van der Waals surface area contributed by atoms with Crippen molar-refractivity contribution < 1.29 is 0 Å². The van der Waals surface area contributed by atoms with E-state index in [1.807, 2.05) is 6.20 Å². The van der Waals surface area contributed by atoms with Crippen LogP contribution in [-0.2, 0) is 5.88 Å². The lowest BCUT2D eigenvalue weighted by atomic mass is 10.2. The van der Waals surface area contributed by atoms with Gasteiger partial charge in [0.1, 0.15) is 5.82 Å². The molecule has 2 fully saturated rings. The summed E-state index contributed by atoms with van der Waals surface area (Å²) in [7, 11) is 0. The number of aromatic nitrogens is 2. The highest BCUT2D eigenvalue weighted by atomic mass is 35.5. The van der Waals surface area contributed by atoms with E-state index in [1.165, 1.54) is 32.4 Å². The first-order chi connectivity index (χ1) is 8.86. The molecule has 1 atom stereocenters. The summed E-state index contributed by atoms with van der Waals surface area (Å²) >= 11 is 5.73. The predicted octanol–water partition coefficient (Wildman–Crippen LogP) is 1.89. The van der Waals surface area contributed by atoms with Crippen LogP contribution in [0.2, 0.25) is 0 Å². The van der Waals surface area contributed by atoms with Gasteiger partial charge < -0.3 is 4.90 Å². The van der Waals surface area contributed by atoms with Crippen LogP contribution in [0.25, 0.3) is 0 Å². The average Bonchev–Trinajstić information content (AvgIpc) is 3.09. The van der Waals surface area contributed by atoms with Crippen LogP contribution in [0.15, 0.2) is 12.4 Å². The normalized spacial score (nSPS) is 24.9. The van der Waals surface area contributed by atoms with Crippen LogP contribution in [0.4, 0.5) is 5.82 Å². The Bertz CT molecular complexity index is 388. The van der Waals surface area contributed by atoms with Crippen molar-refractivity contribution in [3.05, 3.63) is 18.1 Å². The van der Waals surface area contributed by atoms with Crippen molar-refractivity contribution in [1.29, 1.82) is 0 Å². The van der Waals surface area contributed by atoms with Crippen molar-refractivity contribution in [3.8, 4) is 0 Å². The second-order valence-electron chi connectivity index (χ2n) is 5.13. The van der Waals surface area contributed by atoms with E-state index in [2.05, 4.69) is 19.8 Å². The molecule has 2 saturated heterocycles. The molecule has 0 N–H and O–H groups in total. The van der Waals surface area contributed by atoms with Crippen molar-refractivity contribution in [2.24, 2.45) is 0 Å². The molecule has 4 nitrogen and oxygen atoms in total. The highest BCUT2D eigenvalue weighted by Gasteiger charge is 2.29. The molecule has 3 rings (SSSR count). The SMILES string of the molecule is ClCc1cnc(N2CCC(N3CCCC3)C2)cn1. The summed E-state index contributed by atoms with van der Waals surface area (Å²) < 4.78 is 0. The summed E-state index contributed by atoms with van der Waals surface area (Å²) in [6.07, 6.45) is 7.61. The fraction of sp³-hybridized carbons (Fsp3) is 0.692. The van der Waals surface area contributed by atoms with E-state index in [9.17, 15) is 0 Å². The minimum absolute atomic E-state index is 0.434. The molecule has 1 aromatic heterocycles. The minimum atomic E-state index is 0.434. The Morgan fingerprint density at radius 3 is 2.67 bits per heavy atom. The average molecular weight is 267 g/mol. The Hall–Kier alpha value is -0.870. The van der Waals surface area contributed by atoms with Crippen LogP contribution in [0, 0.1) is 0 Å². The lowest BCUT2D eigenvalue weighted by molar-refractivity contribution is 0.260. The smallest absolute Gasteiger partial charge is 0.147 e. The van der Waals surface area contributed by atoms with Gasteiger partial charge in [0.2, 0.25) is 0 Å². The first-order valence-electron chi connectivity index (χ1n) is 6.72. The maximum atomic E-state index is 5.73. The standard InChI is InChI=1S/C13H19ClN4/c14-7-11-8-16-13(9-15-11)18-6-3-12(10-18)17-4-1-2-5-17/h8-9,12H,1-7,10H2. The quantitative estimate of drug-likeness (QED) is 0.782. The van der Waals surface area contributed by atoms with Crippen LogP contribution in [0.5, 0.6) is 0 Å². The number of alkyl halides is 1. The number of hydrogen-bond donors (Lipinski definition) is 0. The van der Waals surface area contributed by atoms with E-state index in [1.54, 1.807) is 6.20 Å². The van der Waals surface area contributed by atoms with Gasteiger partial charge in [-0.15, -0.1) is 11.6 Å². The van der Waals surface area contributed by atoms with Crippen LogP contribution in [-0.4, -0.2) is 47.1 Å². The van der Waals surface area contributed by atoms with E-state index in [0.29, 0.717) is 11.9 Å². The minimum Gasteiger partial charge on any atom is -0.354 e. The number of anilines is 1. The molecule has 1 aromatic rings. The second-order valence-corrected chi connectivity index (χ2v) is 5.40. The van der Waals surface area contributed by atoms with Crippen LogP contribution in [0.3, 0.4) is 0 Å². The van der Waals surface area contributed by atoms with Crippen molar-refractivity contribution in [2.75, 3.05) is 31.1 Å². The van der Waals surface area contributed by atoms with E-state index >= 15 is 0 Å². The summed E-state index contributed by atoms with van der Waals surface area (Å²) in [4.78, 5) is 13.7. The third-order valence-electron chi connectivity index (χ3n) is 3.97. The molecule has 0 saturated carbocycles. The number of likely N-dealkylation sites (tertiary alicyclic amines) is 1. The van der Waals surface area contributed by atoms with Crippen LogP contribution in [0.1, 0.15) is 25.0 Å². The third kappa shape index (κ3) is 2.45. The summed E-state index contributed by atoms with van der Waals surface area (Å²) in [5.41, 5.74) is 0.843. The fourth-order valence-electron chi connectivity index (χ4n) is 2.93. The lowest BCUT2D eigenvalue weighted by Gasteiger charge is -2.23. The highest BCUT2D eigenvalue weighted by molar-refractivity contribution is 6.16. The number of halogens is 1. The second kappa shape index (κ2) is 5.41. The number of nitrogens with zero attached hydrogens (tertiary/aromatic N) is 4. The number of hydrogen-bond acceptors (Lipinski definition) is 4. The topological polar surface area (TPSA) is 32.3 Å². The molecule has 0 spiro atoms. The molecule has 2 aliphatic heterocycles. The van der Waals surface area contributed by atoms with Crippen LogP contribution < -0.4 is 4.90 Å². The lowest BCUT2D eigenvalue weighted by Crippen LogP contribution is -2.35. The Morgan fingerprint density at radius 2 is 2.00 bits per heavy atom. The van der Waals surface area contributed by atoms with Gasteiger partial charge in [-0.05, 0) is 32.4 Å². The van der Waals surface area contributed by atoms with E-state index in [0.717, 1.165) is 24.6 Å². The molecule has 0 aromatic carbocycles. The van der Waals surface area contributed by atoms with E-state index in [-0.39, 0.29) is 0 Å². The maximum Gasteiger partial charge on any atom is 0.147 e. The molecule has 98 valence electrons. The van der Waals surface area contributed by atoms with Crippen molar-refractivity contribution in [3.63, 3.8) is 0 Å². The van der Waals surface area contributed by atoms with Crippen LogP contribution >= 0.6 is 11.6 Å². The van der Waals surface area contributed by atoms with Gasteiger partial charge in [-0.25, -0.2) is 4.98 Å². The van der Waals surface area contributed by atoms with Gasteiger partial charge in [0.05, 0.1) is 24.0 Å². The molecule has 0 bridgehead atoms. The van der Waals surface area contributed by atoms with Gasteiger partial charge in [0, 0.05) is 19.1 Å². The van der Waals surface area contributed by atoms with Crippen molar-refractivity contribution in [1.82, 2.24) is 14.9 Å². The Balaban J connectivity index is 1.63. The zero-order valence-corrected chi connectivity index (χ0v) is 11.3. The Labute approximate surface area is 113 Å². The van der Waals surface area contributed by atoms with E-state index < -0.39 is 0 Å². The van der Waals surface area contributed by atoms with Gasteiger partial charge in [-0.3, -0.25) is 9.88 Å². The molecule has 18 heavy (non-hydrogen) atoms. The zero-order chi connectivity index (χ0) is 12.4. The van der Waals surface area contributed by atoms with Crippen molar-refractivity contribution in [2.45, 2.75) is 31.2 Å². The largest absolute Gasteiger partial charge is 0.354 e. The van der Waals surface area contributed by atoms with Gasteiger partial charge in [0.15, 0.2) is 0 Å². The maximum absolute atomic E-state index is 5.73. The third-order valence-corrected chi connectivity index (χ3v) is 4.25. The summed E-state index contributed by atoms with van der Waals surface area (Å²) in [6.45, 7) is 4.73. The molecule has 0 radical (unpaired) electrons. The van der Waals surface area contributed by atoms with Crippen molar-refractivity contribution >= 4 is 17.4 Å². The predicted molar refractivity (Wildman–Crippen MR) is 73.0 cm³/mol. The Morgan fingerprint density at radius 1 is 1.17 bits per heavy atom. The zero-order valence-electron chi connectivity index (χ0n) is 10.6. The summed E-state index contributed by atoms with van der Waals surface area (Å²) in [6, 6.07) is 0.710. The summed E-state index contributed by atoms with van der Waals surface area (Å²) in [5.74, 6) is 1.43. The molecular weight excluding hydrogens is 248 g/mol. The molecule has 0 amide bonds. The molecule has 0 aliphatic carbocycles. The molecular formula is C13H19ClN4. The van der Waals surface area contributed by atoms with E-state index in [4.69, 9.17) is 11.6 Å². The molecule has 1 unspecified atom stereocenters. The Kier molecular flexibility index (Phi) is 3.66. The van der Waals surface area contributed by atoms with Gasteiger partial charge in [0.25, 0.3) is 0 Å². The molecule has 3 heterocycles. The highest BCUT2D eigenvalue weighted by Crippen LogP contribution is 2.23. The monoisotopic (exact) mass is 266 g/mol. The van der Waals surface area contributed by atoms with Gasteiger partial charge in [-0.1, -0.05) is 0 Å². The fourth-order valence-corrected chi connectivity index (χ4v) is 3.07. The number of rotatable bonds is 3. The first kappa shape index (κ1) is 12.2.